The molecule has 0 aliphatic heterocycles. The number of H-pyrrole nitrogens is 1. The molecule has 150 valence electrons. The van der Waals surface area contributed by atoms with Gasteiger partial charge >= 0.3 is 6.18 Å². The highest BCUT2D eigenvalue weighted by Gasteiger charge is 2.30. The van der Waals surface area contributed by atoms with Crippen LogP contribution in [-0.2, 0) is 17.4 Å². The summed E-state index contributed by atoms with van der Waals surface area (Å²) in [6.45, 7) is 3.10. The summed E-state index contributed by atoms with van der Waals surface area (Å²) in [5, 5.41) is 14.3. The number of hydrogen-bond acceptors (Lipinski definition) is 4. The van der Waals surface area contributed by atoms with E-state index in [9.17, 15) is 22.8 Å². The van der Waals surface area contributed by atoms with E-state index in [0.717, 1.165) is 16.6 Å². The minimum absolute atomic E-state index is 0.127. The minimum atomic E-state index is -4.48. The standard InChI is InChI=1S/C19H16F3N5O2/c1-10(12-4-3-5-14(6-12)19(20,21)22)25-16(28)7-15-11(2)26-17-13(8-23)9-24-27(17)18(15)29/h3-6,9-10,24H,7H2,1-2H3,(H,25,28). The average Bonchev–Trinajstić information content (AvgIpc) is 3.07. The van der Waals surface area contributed by atoms with Crippen LogP contribution in [0.4, 0.5) is 13.2 Å². The average molecular weight is 403 g/mol. The predicted molar refractivity (Wildman–Crippen MR) is 97.0 cm³/mol. The SMILES string of the molecule is Cc1nc2c(C#N)c[nH]n2c(=O)c1CC(=O)NC(C)c1cccc(C(F)(F)F)c1. The van der Waals surface area contributed by atoms with Crippen LogP contribution in [0.3, 0.4) is 0 Å². The van der Waals surface area contributed by atoms with Gasteiger partial charge in [0, 0.05) is 17.5 Å². The monoisotopic (exact) mass is 403 g/mol. The maximum atomic E-state index is 12.9. The second kappa shape index (κ2) is 7.43. The number of aromatic nitrogens is 3. The zero-order valence-corrected chi connectivity index (χ0v) is 15.5. The Bertz CT molecular complexity index is 1190. The molecule has 0 saturated carbocycles. The van der Waals surface area contributed by atoms with Crippen LogP contribution in [0.25, 0.3) is 5.65 Å². The number of amides is 1. The smallest absolute Gasteiger partial charge is 0.349 e. The van der Waals surface area contributed by atoms with Crippen LogP contribution in [0.5, 0.6) is 0 Å². The molecule has 2 heterocycles. The highest BCUT2D eigenvalue weighted by Crippen LogP contribution is 2.30. The highest BCUT2D eigenvalue weighted by atomic mass is 19.4. The first-order valence-corrected chi connectivity index (χ1v) is 8.58. The van der Waals surface area contributed by atoms with E-state index in [2.05, 4.69) is 15.4 Å². The van der Waals surface area contributed by atoms with E-state index in [4.69, 9.17) is 5.26 Å². The van der Waals surface area contributed by atoms with Gasteiger partial charge in [0.05, 0.1) is 18.0 Å². The molecule has 1 aromatic carbocycles. The van der Waals surface area contributed by atoms with Crippen LogP contribution in [0.2, 0.25) is 0 Å². The van der Waals surface area contributed by atoms with Gasteiger partial charge in [0.2, 0.25) is 5.91 Å². The molecule has 0 spiro atoms. The van der Waals surface area contributed by atoms with E-state index < -0.39 is 29.2 Å². The largest absolute Gasteiger partial charge is 0.416 e. The number of nitriles is 1. The van der Waals surface area contributed by atoms with Crippen LogP contribution in [0.1, 0.15) is 40.9 Å². The molecule has 1 amide bonds. The quantitative estimate of drug-likeness (QED) is 0.699. The third-order valence-corrected chi connectivity index (χ3v) is 4.51. The summed E-state index contributed by atoms with van der Waals surface area (Å²) < 4.78 is 39.7. The summed E-state index contributed by atoms with van der Waals surface area (Å²) in [5.74, 6) is -0.538. The van der Waals surface area contributed by atoms with Gasteiger partial charge in [0.25, 0.3) is 5.56 Å². The maximum absolute atomic E-state index is 12.9. The first-order valence-electron chi connectivity index (χ1n) is 8.58. The van der Waals surface area contributed by atoms with Gasteiger partial charge in [-0.05, 0) is 31.5 Å². The molecule has 0 bridgehead atoms. The number of rotatable bonds is 4. The molecule has 1 unspecified atom stereocenters. The first-order chi connectivity index (χ1) is 13.6. The Hall–Kier alpha value is -3.61. The number of nitrogens with one attached hydrogen (secondary N) is 2. The van der Waals surface area contributed by atoms with Crippen molar-refractivity contribution in [2.75, 3.05) is 0 Å². The number of carbonyl (C=O) groups excluding carboxylic acids is 1. The number of hydrogen-bond donors (Lipinski definition) is 2. The molecule has 0 aliphatic carbocycles. The number of aryl methyl sites for hydroxylation is 1. The number of alkyl halides is 3. The molecular formula is C19H16F3N5O2. The second-order valence-electron chi connectivity index (χ2n) is 6.53. The lowest BCUT2D eigenvalue weighted by atomic mass is 10.0. The zero-order chi connectivity index (χ0) is 21.3. The van der Waals surface area contributed by atoms with Gasteiger partial charge in [0.1, 0.15) is 11.6 Å². The van der Waals surface area contributed by atoms with Gasteiger partial charge in [-0.25, -0.2) is 9.50 Å². The van der Waals surface area contributed by atoms with Crippen molar-refractivity contribution < 1.29 is 18.0 Å². The van der Waals surface area contributed by atoms with Gasteiger partial charge in [-0.3, -0.25) is 14.7 Å². The van der Waals surface area contributed by atoms with Crippen molar-refractivity contribution in [2.24, 2.45) is 0 Å². The Labute approximate surface area is 162 Å². The van der Waals surface area contributed by atoms with Gasteiger partial charge in [-0.15, -0.1) is 0 Å². The van der Waals surface area contributed by atoms with Crippen LogP contribution >= 0.6 is 0 Å². The van der Waals surface area contributed by atoms with E-state index in [1.807, 2.05) is 6.07 Å². The number of benzene rings is 1. The third-order valence-electron chi connectivity index (χ3n) is 4.51. The van der Waals surface area contributed by atoms with Gasteiger partial charge in [-0.1, -0.05) is 12.1 Å². The molecule has 10 heteroatoms. The lowest BCUT2D eigenvalue weighted by Gasteiger charge is -2.16. The van der Waals surface area contributed by atoms with Crippen molar-refractivity contribution >= 4 is 11.6 Å². The van der Waals surface area contributed by atoms with Crippen molar-refractivity contribution in [1.29, 1.82) is 5.26 Å². The fourth-order valence-corrected chi connectivity index (χ4v) is 2.96. The Morgan fingerprint density at radius 1 is 1.41 bits per heavy atom. The zero-order valence-electron chi connectivity index (χ0n) is 15.5. The van der Waals surface area contributed by atoms with E-state index in [1.54, 1.807) is 13.8 Å². The van der Waals surface area contributed by atoms with Gasteiger partial charge in [-0.2, -0.15) is 18.4 Å². The summed E-state index contributed by atoms with van der Waals surface area (Å²) in [5.41, 5.74) is -0.250. The fraction of sp³-hybridized carbons (Fsp3) is 0.263. The molecule has 0 saturated heterocycles. The van der Waals surface area contributed by atoms with Crippen LogP contribution in [-0.4, -0.2) is 20.5 Å². The molecule has 29 heavy (non-hydrogen) atoms. The summed E-state index contributed by atoms with van der Waals surface area (Å²) in [6, 6.07) is 5.90. The summed E-state index contributed by atoms with van der Waals surface area (Å²) in [6.07, 6.45) is -3.45. The molecule has 0 fully saturated rings. The maximum Gasteiger partial charge on any atom is 0.416 e. The molecule has 2 N–H and O–H groups in total. The van der Waals surface area contributed by atoms with E-state index >= 15 is 0 Å². The molecule has 2 aromatic heterocycles. The molecule has 7 nitrogen and oxygen atoms in total. The Morgan fingerprint density at radius 2 is 2.14 bits per heavy atom. The Morgan fingerprint density at radius 3 is 2.79 bits per heavy atom. The van der Waals surface area contributed by atoms with Crippen LogP contribution < -0.4 is 10.9 Å². The van der Waals surface area contributed by atoms with Crippen molar-refractivity contribution in [3.63, 3.8) is 0 Å². The summed E-state index contributed by atoms with van der Waals surface area (Å²) >= 11 is 0. The number of halogens is 3. The molecule has 3 rings (SSSR count). The minimum Gasteiger partial charge on any atom is -0.349 e. The highest BCUT2D eigenvalue weighted by molar-refractivity contribution is 5.79. The molecular weight excluding hydrogens is 387 g/mol. The lowest BCUT2D eigenvalue weighted by Crippen LogP contribution is -2.32. The molecule has 0 aliphatic rings. The van der Waals surface area contributed by atoms with Crippen molar-refractivity contribution in [1.82, 2.24) is 19.9 Å². The topological polar surface area (TPSA) is 103 Å². The number of carbonyl (C=O) groups is 1. The van der Waals surface area contributed by atoms with E-state index in [0.29, 0.717) is 11.3 Å². The number of fused-ring (bicyclic) bond motifs is 1. The van der Waals surface area contributed by atoms with Crippen LogP contribution in [0, 0.1) is 18.3 Å². The number of nitrogens with zero attached hydrogens (tertiary/aromatic N) is 3. The third kappa shape index (κ3) is 3.99. The van der Waals surface area contributed by atoms with E-state index in [1.165, 1.54) is 18.3 Å². The van der Waals surface area contributed by atoms with E-state index in [-0.39, 0.29) is 23.2 Å². The second-order valence-corrected chi connectivity index (χ2v) is 6.53. The lowest BCUT2D eigenvalue weighted by molar-refractivity contribution is -0.137. The van der Waals surface area contributed by atoms with Crippen molar-refractivity contribution in [3.8, 4) is 6.07 Å². The molecule has 3 aromatic rings. The van der Waals surface area contributed by atoms with Crippen molar-refractivity contribution in [3.05, 3.63) is 68.8 Å². The molecule has 0 radical (unpaired) electrons. The van der Waals surface area contributed by atoms with Crippen molar-refractivity contribution in [2.45, 2.75) is 32.5 Å². The molecule has 1 atom stereocenters. The van der Waals surface area contributed by atoms with Crippen LogP contribution in [0.15, 0.2) is 35.3 Å². The first kappa shape index (κ1) is 20.1. The number of aromatic amines is 1. The van der Waals surface area contributed by atoms with Gasteiger partial charge in [0.15, 0.2) is 5.65 Å². The predicted octanol–water partition coefficient (Wildman–Crippen LogP) is 2.64. The van der Waals surface area contributed by atoms with Gasteiger partial charge < -0.3 is 5.32 Å². The summed E-state index contributed by atoms with van der Waals surface area (Å²) in [7, 11) is 0. The normalized spacial score (nSPS) is 12.6. The fourth-order valence-electron chi connectivity index (χ4n) is 2.96. The Kier molecular flexibility index (Phi) is 5.16. The summed E-state index contributed by atoms with van der Waals surface area (Å²) in [4.78, 5) is 29.2. The Balaban J connectivity index is 1.81.